The van der Waals surface area contributed by atoms with Crippen LogP contribution in [0, 0.1) is 17.8 Å². The van der Waals surface area contributed by atoms with Gasteiger partial charge in [0.05, 0.1) is 12.2 Å². The molecule has 0 aromatic heterocycles. The van der Waals surface area contributed by atoms with Crippen LogP contribution in [0.15, 0.2) is 24.3 Å². The standard InChI is InChI=1S/C26H40O2/c1-3-5-6-20-7-9-21(10-8-20)22-11-13-23(14-12-22)24-15-17-25(18-16-24)26(27)28-19-4-2/h15-18,20-23H,3-14,19H2,1-2H3/t20-,21-,22-,23-. The van der Waals surface area contributed by atoms with E-state index in [1.807, 2.05) is 19.1 Å². The minimum absolute atomic E-state index is 0.188. The predicted octanol–water partition coefficient (Wildman–Crippen LogP) is 7.52. The minimum Gasteiger partial charge on any atom is -0.462 e. The van der Waals surface area contributed by atoms with Gasteiger partial charge in [-0.05, 0) is 86.3 Å². The van der Waals surface area contributed by atoms with Crippen molar-refractivity contribution >= 4 is 5.97 Å². The molecule has 0 aliphatic heterocycles. The van der Waals surface area contributed by atoms with Crippen molar-refractivity contribution in [2.45, 2.75) is 96.8 Å². The summed E-state index contributed by atoms with van der Waals surface area (Å²) in [5.41, 5.74) is 2.10. The van der Waals surface area contributed by atoms with E-state index in [1.54, 1.807) is 0 Å². The SMILES string of the molecule is CCCC[C@H]1CC[C@H]([C@H]2CC[C@H](c3ccc(C(=O)OCCC)cc3)CC2)CC1. The first-order valence-electron chi connectivity index (χ1n) is 12.0. The molecular formula is C26H40O2. The van der Waals surface area contributed by atoms with E-state index in [2.05, 4.69) is 19.1 Å². The van der Waals surface area contributed by atoms with E-state index in [0.29, 0.717) is 18.1 Å². The number of carbonyl (C=O) groups excluding carboxylic acids is 1. The predicted molar refractivity (Wildman–Crippen MR) is 117 cm³/mol. The van der Waals surface area contributed by atoms with E-state index in [9.17, 15) is 4.79 Å². The van der Waals surface area contributed by atoms with Crippen molar-refractivity contribution in [1.29, 1.82) is 0 Å². The summed E-state index contributed by atoms with van der Waals surface area (Å²) in [6.45, 7) is 4.84. The molecule has 0 N–H and O–H groups in total. The molecule has 156 valence electrons. The van der Waals surface area contributed by atoms with Gasteiger partial charge in [-0.3, -0.25) is 0 Å². The number of hydrogen-bond donors (Lipinski definition) is 0. The second-order valence-corrected chi connectivity index (χ2v) is 9.29. The van der Waals surface area contributed by atoms with E-state index in [1.165, 1.54) is 76.2 Å². The van der Waals surface area contributed by atoms with Crippen LogP contribution in [0.2, 0.25) is 0 Å². The first-order valence-corrected chi connectivity index (χ1v) is 12.0. The van der Waals surface area contributed by atoms with Crippen LogP contribution in [0.1, 0.15) is 113 Å². The molecule has 1 aromatic carbocycles. The summed E-state index contributed by atoms with van der Waals surface area (Å²) in [6.07, 6.45) is 16.5. The van der Waals surface area contributed by atoms with E-state index >= 15 is 0 Å². The van der Waals surface area contributed by atoms with Crippen LogP contribution in [-0.4, -0.2) is 12.6 Å². The Bertz CT molecular complexity index is 575. The number of hydrogen-bond acceptors (Lipinski definition) is 2. The minimum atomic E-state index is -0.188. The number of rotatable bonds is 8. The fourth-order valence-corrected chi connectivity index (χ4v) is 5.53. The average molecular weight is 385 g/mol. The number of carbonyl (C=O) groups is 1. The highest BCUT2D eigenvalue weighted by Gasteiger charge is 2.31. The maximum atomic E-state index is 12.0. The lowest BCUT2D eigenvalue weighted by Crippen LogP contribution is -2.25. The fraction of sp³-hybridized carbons (Fsp3) is 0.731. The molecule has 0 bridgehead atoms. The van der Waals surface area contributed by atoms with Crippen LogP contribution >= 0.6 is 0 Å². The first kappa shape index (κ1) is 21.4. The van der Waals surface area contributed by atoms with Crippen molar-refractivity contribution in [3.05, 3.63) is 35.4 Å². The quantitative estimate of drug-likeness (QED) is 0.433. The Morgan fingerprint density at radius 3 is 2.04 bits per heavy atom. The summed E-state index contributed by atoms with van der Waals surface area (Å²) in [6, 6.07) is 8.23. The average Bonchev–Trinajstić information content (AvgIpc) is 2.76. The fourth-order valence-electron chi connectivity index (χ4n) is 5.53. The second-order valence-electron chi connectivity index (χ2n) is 9.29. The smallest absolute Gasteiger partial charge is 0.338 e. The summed E-state index contributed by atoms with van der Waals surface area (Å²) in [7, 11) is 0. The van der Waals surface area contributed by atoms with Gasteiger partial charge in [0, 0.05) is 0 Å². The molecule has 0 radical (unpaired) electrons. The van der Waals surface area contributed by atoms with E-state index in [4.69, 9.17) is 4.74 Å². The summed E-state index contributed by atoms with van der Waals surface area (Å²) >= 11 is 0. The van der Waals surface area contributed by atoms with Gasteiger partial charge < -0.3 is 4.74 Å². The van der Waals surface area contributed by atoms with Gasteiger partial charge in [0.1, 0.15) is 0 Å². The molecule has 2 aliphatic carbocycles. The number of benzene rings is 1. The third-order valence-corrected chi connectivity index (χ3v) is 7.35. The van der Waals surface area contributed by atoms with Gasteiger partial charge in [-0.2, -0.15) is 0 Å². The summed E-state index contributed by atoms with van der Waals surface area (Å²) in [4.78, 5) is 12.0. The van der Waals surface area contributed by atoms with Gasteiger partial charge in [-0.25, -0.2) is 4.79 Å². The van der Waals surface area contributed by atoms with Crippen molar-refractivity contribution in [2.75, 3.05) is 6.61 Å². The van der Waals surface area contributed by atoms with Crippen molar-refractivity contribution in [3.63, 3.8) is 0 Å². The van der Waals surface area contributed by atoms with Crippen LogP contribution < -0.4 is 0 Å². The molecular weight excluding hydrogens is 344 g/mol. The monoisotopic (exact) mass is 384 g/mol. The summed E-state index contributed by atoms with van der Waals surface area (Å²) < 4.78 is 5.23. The molecule has 2 fully saturated rings. The molecule has 2 nitrogen and oxygen atoms in total. The Morgan fingerprint density at radius 2 is 1.46 bits per heavy atom. The molecule has 0 amide bonds. The van der Waals surface area contributed by atoms with Gasteiger partial charge in [0.15, 0.2) is 0 Å². The Labute approximate surface area is 172 Å². The van der Waals surface area contributed by atoms with Crippen molar-refractivity contribution in [2.24, 2.45) is 17.8 Å². The van der Waals surface area contributed by atoms with Gasteiger partial charge in [0.25, 0.3) is 0 Å². The zero-order chi connectivity index (χ0) is 19.8. The Hall–Kier alpha value is -1.31. The zero-order valence-electron chi connectivity index (χ0n) is 18.1. The third kappa shape index (κ3) is 5.84. The lowest BCUT2D eigenvalue weighted by atomic mass is 9.68. The molecule has 0 spiro atoms. The van der Waals surface area contributed by atoms with Gasteiger partial charge in [-0.1, -0.05) is 58.1 Å². The first-order chi connectivity index (χ1) is 13.7. The van der Waals surface area contributed by atoms with E-state index in [-0.39, 0.29) is 5.97 Å². The summed E-state index contributed by atoms with van der Waals surface area (Å²) in [5.74, 6) is 3.47. The lowest BCUT2D eigenvalue weighted by molar-refractivity contribution is 0.0505. The molecule has 3 rings (SSSR count). The molecule has 2 saturated carbocycles. The highest BCUT2D eigenvalue weighted by Crippen LogP contribution is 2.44. The Kier molecular flexibility index (Phi) is 8.43. The van der Waals surface area contributed by atoms with Crippen molar-refractivity contribution < 1.29 is 9.53 Å². The number of esters is 1. The normalized spacial score (nSPS) is 28.1. The zero-order valence-corrected chi connectivity index (χ0v) is 18.1. The van der Waals surface area contributed by atoms with Gasteiger partial charge in [0.2, 0.25) is 0 Å². The third-order valence-electron chi connectivity index (χ3n) is 7.35. The molecule has 0 saturated heterocycles. The molecule has 2 heteroatoms. The molecule has 1 aromatic rings. The van der Waals surface area contributed by atoms with Crippen LogP contribution in [0.5, 0.6) is 0 Å². The van der Waals surface area contributed by atoms with Crippen molar-refractivity contribution in [1.82, 2.24) is 0 Å². The van der Waals surface area contributed by atoms with Crippen LogP contribution in [0.4, 0.5) is 0 Å². The molecule has 28 heavy (non-hydrogen) atoms. The highest BCUT2D eigenvalue weighted by molar-refractivity contribution is 5.89. The van der Waals surface area contributed by atoms with Crippen molar-refractivity contribution in [3.8, 4) is 0 Å². The molecule has 0 atom stereocenters. The van der Waals surface area contributed by atoms with E-state index in [0.717, 1.165) is 24.2 Å². The maximum absolute atomic E-state index is 12.0. The molecule has 0 heterocycles. The van der Waals surface area contributed by atoms with Crippen LogP contribution in [0.3, 0.4) is 0 Å². The maximum Gasteiger partial charge on any atom is 0.338 e. The Balaban J connectivity index is 1.43. The molecule has 2 aliphatic rings. The summed E-state index contributed by atoms with van der Waals surface area (Å²) in [5, 5.41) is 0. The molecule has 0 unspecified atom stereocenters. The second kappa shape index (κ2) is 11.0. The topological polar surface area (TPSA) is 26.3 Å². The Morgan fingerprint density at radius 1 is 0.857 bits per heavy atom. The lowest BCUT2D eigenvalue weighted by Gasteiger charge is -2.38. The van der Waals surface area contributed by atoms with Crippen LogP contribution in [-0.2, 0) is 4.74 Å². The number of ether oxygens (including phenoxy) is 1. The number of unbranched alkanes of at least 4 members (excludes halogenated alkanes) is 1. The highest BCUT2D eigenvalue weighted by atomic mass is 16.5. The van der Waals surface area contributed by atoms with Gasteiger partial charge >= 0.3 is 5.97 Å². The van der Waals surface area contributed by atoms with Gasteiger partial charge in [-0.15, -0.1) is 0 Å². The van der Waals surface area contributed by atoms with Crippen LogP contribution in [0.25, 0.3) is 0 Å². The largest absolute Gasteiger partial charge is 0.462 e. The van der Waals surface area contributed by atoms with E-state index < -0.39 is 0 Å².